The van der Waals surface area contributed by atoms with Crippen LogP contribution < -0.4 is 11.1 Å². The van der Waals surface area contributed by atoms with E-state index in [0.29, 0.717) is 18.5 Å². The number of anilines is 1. The first-order chi connectivity index (χ1) is 18.3. The van der Waals surface area contributed by atoms with Crippen molar-refractivity contribution in [3.8, 4) is 0 Å². The molecule has 8 nitrogen and oxygen atoms in total. The summed E-state index contributed by atoms with van der Waals surface area (Å²) >= 11 is 0. The lowest BCUT2D eigenvalue weighted by Crippen LogP contribution is -2.26. The number of pyridine rings is 1. The average Bonchev–Trinajstić information content (AvgIpc) is 3.08. The number of aliphatic imine (C=N–C) groups is 2. The van der Waals surface area contributed by atoms with Crippen LogP contribution in [0.1, 0.15) is 27.9 Å². The van der Waals surface area contributed by atoms with E-state index in [4.69, 9.17) is 25.6 Å². The molecule has 1 aromatic heterocycles. The summed E-state index contributed by atoms with van der Waals surface area (Å²) < 4.78 is 49.9. The highest BCUT2D eigenvalue weighted by molar-refractivity contribution is 6.16. The van der Waals surface area contributed by atoms with Crippen LogP contribution >= 0.6 is 0 Å². The number of halogens is 3. The Morgan fingerprint density at radius 3 is 2.66 bits per heavy atom. The second-order valence-electron chi connectivity index (χ2n) is 8.17. The number of ether oxygens (including phenoxy) is 2. The Morgan fingerprint density at radius 1 is 1.18 bits per heavy atom. The third-order valence-corrected chi connectivity index (χ3v) is 5.49. The monoisotopic (exact) mass is 522 g/mol. The van der Waals surface area contributed by atoms with E-state index in [0.717, 1.165) is 22.9 Å². The van der Waals surface area contributed by atoms with E-state index in [-0.39, 0.29) is 23.9 Å². The van der Waals surface area contributed by atoms with Crippen LogP contribution in [0.25, 0.3) is 6.08 Å². The predicted molar refractivity (Wildman–Crippen MR) is 140 cm³/mol. The average molecular weight is 523 g/mol. The molecule has 0 fully saturated rings. The van der Waals surface area contributed by atoms with Crippen molar-refractivity contribution in [3.63, 3.8) is 0 Å². The predicted octanol–water partition coefficient (Wildman–Crippen LogP) is 4.71. The quantitative estimate of drug-likeness (QED) is 0.320. The molecule has 0 saturated heterocycles. The Bertz CT molecular complexity index is 1390. The minimum absolute atomic E-state index is 0.0191. The molecule has 38 heavy (non-hydrogen) atoms. The summed E-state index contributed by atoms with van der Waals surface area (Å²) in [6.45, 7) is 0.459. The van der Waals surface area contributed by atoms with Gasteiger partial charge in [0.2, 0.25) is 5.90 Å². The molecule has 0 saturated carbocycles. The Balaban J connectivity index is 1.61. The van der Waals surface area contributed by atoms with Crippen molar-refractivity contribution in [2.45, 2.75) is 12.3 Å². The van der Waals surface area contributed by atoms with Gasteiger partial charge in [-0.2, -0.15) is 13.2 Å². The Morgan fingerprint density at radius 2 is 1.92 bits per heavy atom. The summed E-state index contributed by atoms with van der Waals surface area (Å²) in [5, 5.41) is 11.6. The minimum atomic E-state index is -4.60. The Kier molecular flexibility index (Phi) is 8.17. The van der Waals surface area contributed by atoms with E-state index in [1.165, 1.54) is 19.3 Å². The van der Waals surface area contributed by atoms with Crippen LogP contribution in [0.4, 0.5) is 18.9 Å². The van der Waals surface area contributed by atoms with Gasteiger partial charge >= 0.3 is 6.18 Å². The van der Waals surface area contributed by atoms with Crippen LogP contribution in [0, 0.1) is 5.41 Å². The van der Waals surface area contributed by atoms with Gasteiger partial charge in [0.1, 0.15) is 5.69 Å². The lowest BCUT2D eigenvalue weighted by atomic mass is 10.0. The van der Waals surface area contributed by atoms with Gasteiger partial charge in [-0.25, -0.2) is 9.98 Å². The van der Waals surface area contributed by atoms with E-state index >= 15 is 0 Å². The van der Waals surface area contributed by atoms with Gasteiger partial charge in [-0.1, -0.05) is 60.7 Å². The van der Waals surface area contributed by atoms with Gasteiger partial charge in [0.15, 0.2) is 6.17 Å². The zero-order chi connectivity index (χ0) is 27.1. The normalized spacial score (nSPS) is 15.8. The molecule has 0 bridgehead atoms. The molecule has 196 valence electrons. The summed E-state index contributed by atoms with van der Waals surface area (Å²) in [5.41, 5.74) is 8.29. The molecule has 1 unspecified atom stereocenters. The van der Waals surface area contributed by atoms with Crippen molar-refractivity contribution in [1.82, 2.24) is 4.98 Å². The first kappa shape index (κ1) is 26.6. The van der Waals surface area contributed by atoms with Crippen molar-refractivity contribution in [3.05, 3.63) is 101 Å². The second kappa shape index (κ2) is 11.7. The molecule has 2 heterocycles. The first-order valence-electron chi connectivity index (χ1n) is 11.6. The fourth-order valence-corrected chi connectivity index (χ4v) is 3.76. The van der Waals surface area contributed by atoms with Gasteiger partial charge in [0.25, 0.3) is 6.02 Å². The number of hydrogen-bond donors (Lipinski definition) is 3. The molecule has 0 radical (unpaired) electrons. The molecular weight excluding hydrogens is 497 g/mol. The van der Waals surface area contributed by atoms with Gasteiger partial charge in [0.05, 0.1) is 24.4 Å². The number of nitrogens with two attached hydrogens (primary N) is 1. The van der Waals surface area contributed by atoms with E-state index in [1.807, 2.05) is 54.6 Å². The number of amidine groups is 1. The van der Waals surface area contributed by atoms with Crippen molar-refractivity contribution in [2.24, 2.45) is 15.7 Å². The van der Waals surface area contributed by atoms with E-state index in [2.05, 4.69) is 15.3 Å². The lowest BCUT2D eigenvalue weighted by Gasteiger charge is -2.13. The zero-order valence-corrected chi connectivity index (χ0v) is 20.4. The molecule has 1 atom stereocenters. The van der Waals surface area contributed by atoms with Crippen LogP contribution in [0.3, 0.4) is 0 Å². The zero-order valence-electron chi connectivity index (χ0n) is 20.4. The number of benzene rings is 2. The summed E-state index contributed by atoms with van der Waals surface area (Å²) in [6.07, 6.45) is -1.80. The molecule has 11 heteroatoms. The summed E-state index contributed by atoms with van der Waals surface area (Å²) in [6, 6.07) is 17.8. The molecule has 1 aliphatic rings. The number of alkyl halides is 3. The topological polar surface area (TPSA) is 118 Å². The van der Waals surface area contributed by atoms with Crippen LogP contribution in [0.5, 0.6) is 0 Å². The lowest BCUT2D eigenvalue weighted by molar-refractivity contribution is -0.137. The first-order valence-corrected chi connectivity index (χ1v) is 11.6. The number of nitrogens with zero attached hydrogens (tertiary/aromatic N) is 3. The molecule has 1 aliphatic heterocycles. The van der Waals surface area contributed by atoms with Crippen molar-refractivity contribution < 1.29 is 22.6 Å². The summed E-state index contributed by atoms with van der Waals surface area (Å²) in [5.74, 6) is -0.561. The summed E-state index contributed by atoms with van der Waals surface area (Å²) in [7, 11) is 1.45. The molecule has 0 amide bonds. The molecule has 0 aliphatic carbocycles. The largest absolute Gasteiger partial charge is 0.417 e. The van der Waals surface area contributed by atoms with Crippen LogP contribution in [0.2, 0.25) is 0 Å². The van der Waals surface area contributed by atoms with E-state index in [1.54, 1.807) is 0 Å². The maximum Gasteiger partial charge on any atom is 0.417 e. The fraction of sp³-hybridized carbons (Fsp3) is 0.185. The van der Waals surface area contributed by atoms with Crippen molar-refractivity contribution >= 4 is 29.4 Å². The number of hydrogen-bond acceptors (Lipinski definition) is 7. The number of rotatable bonds is 6. The molecule has 2 aromatic carbocycles. The van der Waals surface area contributed by atoms with Gasteiger partial charge in [-0.3, -0.25) is 10.4 Å². The van der Waals surface area contributed by atoms with Crippen LogP contribution in [-0.2, 0) is 15.7 Å². The Hall–Kier alpha value is -4.51. The highest BCUT2D eigenvalue weighted by Crippen LogP contribution is 2.30. The minimum Gasteiger partial charge on any atom is -0.405 e. The van der Waals surface area contributed by atoms with Gasteiger partial charge in [-0.15, -0.1) is 0 Å². The SMILES string of the molecule is COC/C=C/c1cc(C(F)(F)F)cnc1C(=N)O/C(N)=N/C1CNc2ccccc2C(c2ccccc2)=N1. The third-order valence-electron chi connectivity index (χ3n) is 5.49. The van der Waals surface area contributed by atoms with Crippen LogP contribution in [0.15, 0.2) is 82.9 Å². The maximum absolute atomic E-state index is 13.2. The van der Waals surface area contributed by atoms with Crippen molar-refractivity contribution in [1.29, 1.82) is 5.41 Å². The van der Waals surface area contributed by atoms with Crippen molar-refractivity contribution in [2.75, 3.05) is 25.6 Å². The third kappa shape index (κ3) is 6.43. The molecule has 4 rings (SSSR count). The van der Waals surface area contributed by atoms with E-state index in [9.17, 15) is 13.2 Å². The van der Waals surface area contributed by atoms with Crippen LogP contribution in [-0.4, -0.2) is 49.0 Å². The van der Waals surface area contributed by atoms with Gasteiger partial charge in [0, 0.05) is 35.7 Å². The summed E-state index contributed by atoms with van der Waals surface area (Å²) in [4.78, 5) is 12.9. The number of nitrogens with one attached hydrogen (secondary N) is 2. The number of fused-ring (bicyclic) bond motifs is 1. The molecule has 3 aromatic rings. The van der Waals surface area contributed by atoms with E-state index < -0.39 is 23.8 Å². The standard InChI is InChI=1S/C27H25F3N6O2/c1-37-13-7-10-18-14-19(27(28,29)30)15-34-24(18)25(31)38-26(32)36-22-16-33-21-12-6-5-11-20(21)23(35-22)17-8-3-2-4-9-17/h2-12,14-15,22,31,33H,13,16H2,1H3,(H2,32,36)/b10-7+,31-25?. The highest BCUT2D eigenvalue weighted by atomic mass is 19.4. The maximum atomic E-state index is 13.2. The number of methoxy groups -OCH3 is 1. The number of benzodiazepines with no additional fused rings is 1. The van der Waals surface area contributed by atoms with Gasteiger partial charge < -0.3 is 20.5 Å². The molecular formula is C27H25F3N6O2. The Labute approximate surface area is 217 Å². The smallest absolute Gasteiger partial charge is 0.405 e. The van der Waals surface area contributed by atoms with Gasteiger partial charge in [-0.05, 0) is 12.1 Å². The number of para-hydroxylation sites is 1. The fourth-order valence-electron chi connectivity index (χ4n) is 3.76. The highest BCUT2D eigenvalue weighted by Gasteiger charge is 2.32. The second-order valence-corrected chi connectivity index (χ2v) is 8.17. The molecule has 0 spiro atoms. The molecule has 4 N–H and O–H groups in total. The number of aromatic nitrogens is 1.